The first-order chi connectivity index (χ1) is 11.7. The number of rotatable bonds is 10. The van der Waals surface area contributed by atoms with Crippen molar-refractivity contribution >= 4 is 43.3 Å². The number of thiophene rings is 1. The van der Waals surface area contributed by atoms with E-state index >= 15 is 0 Å². The van der Waals surface area contributed by atoms with Crippen LogP contribution in [0.25, 0.3) is 10.1 Å². The lowest BCUT2D eigenvalue weighted by molar-refractivity contribution is 0.0531. The zero-order chi connectivity index (χ0) is 17.4. The predicted molar refractivity (Wildman–Crippen MR) is 107 cm³/mol. The van der Waals surface area contributed by atoms with Crippen molar-refractivity contribution in [1.82, 2.24) is 0 Å². The molecule has 0 unspecified atom stereocenters. The third-order valence-electron chi connectivity index (χ3n) is 4.25. The summed E-state index contributed by atoms with van der Waals surface area (Å²) in [6, 6.07) is 6.27. The van der Waals surface area contributed by atoms with Gasteiger partial charge in [-0.3, -0.25) is 0 Å². The first-order valence-electron chi connectivity index (χ1n) is 9.05. The molecule has 0 spiro atoms. The Kier molecular flexibility index (Phi) is 8.26. The minimum absolute atomic E-state index is 0.173. The number of aryl methyl sites for hydroxylation is 1. The fourth-order valence-electron chi connectivity index (χ4n) is 2.99. The highest BCUT2D eigenvalue weighted by Gasteiger charge is 2.19. The lowest BCUT2D eigenvalue weighted by Crippen LogP contribution is -2.05. The number of unbranched alkanes of at least 4 members (excludes halogenated alkanes) is 6. The maximum absolute atomic E-state index is 12.3. The van der Waals surface area contributed by atoms with E-state index in [4.69, 9.17) is 4.74 Å². The molecular weight excluding hydrogens is 384 g/mol. The molecule has 0 amide bonds. The largest absolute Gasteiger partial charge is 0.462 e. The first-order valence-corrected chi connectivity index (χ1v) is 10.7. The van der Waals surface area contributed by atoms with Crippen molar-refractivity contribution in [3.63, 3.8) is 0 Å². The van der Waals surface area contributed by atoms with Gasteiger partial charge in [0.25, 0.3) is 0 Å². The maximum atomic E-state index is 12.3. The number of fused-ring (bicyclic) bond motifs is 1. The molecular formula is C20H27BrO2S. The highest BCUT2D eigenvalue weighted by molar-refractivity contribution is 9.10. The van der Waals surface area contributed by atoms with Crippen LogP contribution in [0, 0.1) is 0 Å². The van der Waals surface area contributed by atoms with Crippen LogP contribution in [-0.4, -0.2) is 12.6 Å². The smallest absolute Gasteiger partial charge is 0.348 e. The van der Waals surface area contributed by atoms with Crippen molar-refractivity contribution in [3.05, 3.63) is 33.1 Å². The molecule has 2 nitrogen and oxygen atoms in total. The number of halogens is 1. The van der Waals surface area contributed by atoms with Gasteiger partial charge in [-0.1, -0.05) is 67.4 Å². The van der Waals surface area contributed by atoms with Gasteiger partial charge in [0, 0.05) is 9.17 Å². The van der Waals surface area contributed by atoms with Crippen molar-refractivity contribution in [1.29, 1.82) is 0 Å². The third kappa shape index (κ3) is 5.32. The molecule has 0 aliphatic heterocycles. The van der Waals surface area contributed by atoms with Crippen LogP contribution in [0.4, 0.5) is 0 Å². The van der Waals surface area contributed by atoms with E-state index in [1.165, 1.54) is 49.5 Å². The van der Waals surface area contributed by atoms with Crippen molar-refractivity contribution in [2.45, 2.75) is 65.2 Å². The molecule has 0 N–H and O–H groups in total. The monoisotopic (exact) mass is 410 g/mol. The summed E-state index contributed by atoms with van der Waals surface area (Å²) in [6.45, 7) is 4.53. The molecule has 0 fully saturated rings. The van der Waals surface area contributed by atoms with Gasteiger partial charge < -0.3 is 4.74 Å². The van der Waals surface area contributed by atoms with Crippen LogP contribution in [0.15, 0.2) is 22.7 Å². The molecule has 0 aliphatic carbocycles. The summed E-state index contributed by atoms with van der Waals surface area (Å²) in [6.07, 6.45) is 9.94. The second-order valence-electron chi connectivity index (χ2n) is 6.14. The lowest BCUT2D eigenvalue weighted by atomic mass is 10.0. The Bertz CT molecular complexity index is 663. The lowest BCUT2D eigenvalue weighted by Gasteiger charge is -2.05. The number of esters is 1. The van der Waals surface area contributed by atoms with Gasteiger partial charge in [0.1, 0.15) is 4.88 Å². The zero-order valence-corrected chi connectivity index (χ0v) is 17.1. The van der Waals surface area contributed by atoms with Gasteiger partial charge in [-0.25, -0.2) is 4.79 Å². The Morgan fingerprint density at radius 1 is 1.08 bits per heavy atom. The summed E-state index contributed by atoms with van der Waals surface area (Å²) in [5, 5.41) is 1.21. The second-order valence-corrected chi connectivity index (χ2v) is 8.11. The predicted octanol–water partition coefficient (Wildman–Crippen LogP) is 7.13. The van der Waals surface area contributed by atoms with Crippen LogP contribution < -0.4 is 0 Å². The van der Waals surface area contributed by atoms with Crippen molar-refractivity contribution in [2.75, 3.05) is 6.61 Å². The quantitative estimate of drug-likeness (QED) is 0.307. The summed E-state index contributed by atoms with van der Waals surface area (Å²) in [5.74, 6) is -0.173. The Morgan fingerprint density at radius 2 is 1.79 bits per heavy atom. The molecule has 2 aromatic rings. The first kappa shape index (κ1) is 19.5. The van der Waals surface area contributed by atoms with Gasteiger partial charge in [-0.15, -0.1) is 11.3 Å². The maximum Gasteiger partial charge on any atom is 0.348 e. The Hall–Kier alpha value is -0.870. The summed E-state index contributed by atoms with van der Waals surface area (Å²) in [5.41, 5.74) is 1.18. The highest BCUT2D eigenvalue weighted by Crippen LogP contribution is 2.35. The van der Waals surface area contributed by atoms with Gasteiger partial charge >= 0.3 is 5.97 Å². The molecule has 0 atom stereocenters. The molecule has 0 saturated carbocycles. The minimum atomic E-state index is -0.173. The molecule has 0 bridgehead atoms. The minimum Gasteiger partial charge on any atom is -0.462 e. The van der Waals surface area contributed by atoms with Gasteiger partial charge in [0.15, 0.2) is 0 Å². The van der Waals surface area contributed by atoms with E-state index in [0.29, 0.717) is 6.61 Å². The van der Waals surface area contributed by atoms with Crippen LogP contribution in [0.1, 0.15) is 74.0 Å². The van der Waals surface area contributed by atoms with E-state index in [0.717, 1.165) is 26.9 Å². The average molecular weight is 411 g/mol. The average Bonchev–Trinajstić information content (AvgIpc) is 2.92. The van der Waals surface area contributed by atoms with Crippen LogP contribution in [0.2, 0.25) is 0 Å². The van der Waals surface area contributed by atoms with E-state index in [1.54, 1.807) is 11.3 Å². The molecule has 0 radical (unpaired) electrons. The number of carbonyl (C=O) groups excluding carboxylic acids is 1. The van der Waals surface area contributed by atoms with Gasteiger partial charge in [0.2, 0.25) is 0 Å². The van der Waals surface area contributed by atoms with Gasteiger partial charge in [-0.2, -0.15) is 0 Å². The topological polar surface area (TPSA) is 26.3 Å². The molecule has 4 heteroatoms. The Balaban J connectivity index is 2.05. The zero-order valence-electron chi connectivity index (χ0n) is 14.7. The number of ether oxygens (including phenoxy) is 1. The number of benzene rings is 1. The molecule has 0 aliphatic rings. The third-order valence-corrected chi connectivity index (χ3v) is 5.91. The van der Waals surface area contributed by atoms with Crippen LogP contribution >= 0.6 is 27.3 Å². The van der Waals surface area contributed by atoms with Crippen molar-refractivity contribution in [3.8, 4) is 0 Å². The summed E-state index contributed by atoms with van der Waals surface area (Å²) in [7, 11) is 0. The van der Waals surface area contributed by atoms with E-state index in [9.17, 15) is 4.79 Å². The second kappa shape index (κ2) is 10.2. The normalized spacial score (nSPS) is 11.1. The molecule has 1 aromatic carbocycles. The molecule has 1 heterocycles. The van der Waals surface area contributed by atoms with Gasteiger partial charge in [0.05, 0.1) is 6.61 Å². The summed E-state index contributed by atoms with van der Waals surface area (Å²) < 4.78 is 7.47. The fourth-order valence-corrected chi connectivity index (χ4v) is 4.69. The van der Waals surface area contributed by atoms with E-state index < -0.39 is 0 Å². The van der Waals surface area contributed by atoms with Crippen LogP contribution in [0.3, 0.4) is 0 Å². The van der Waals surface area contributed by atoms with E-state index in [2.05, 4.69) is 41.1 Å². The number of hydrogen-bond donors (Lipinski definition) is 0. The molecule has 1 aromatic heterocycles. The molecule has 24 heavy (non-hydrogen) atoms. The molecule has 132 valence electrons. The number of carbonyl (C=O) groups is 1. The number of hydrogen-bond acceptors (Lipinski definition) is 3. The van der Waals surface area contributed by atoms with Crippen LogP contribution in [0.5, 0.6) is 0 Å². The van der Waals surface area contributed by atoms with Crippen molar-refractivity contribution in [2.24, 2.45) is 0 Å². The standard InChI is InChI=1S/C20H27BrO2S/c1-3-5-6-7-8-9-10-11-17-16-13-12-15(21)14-18(16)24-19(17)20(22)23-4-2/h12-14H,3-11H2,1-2H3. The Labute approximate surface area is 157 Å². The van der Waals surface area contributed by atoms with Gasteiger partial charge in [-0.05, 0) is 42.8 Å². The van der Waals surface area contributed by atoms with E-state index in [-0.39, 0.29) is 5.97 Å². The summed E-state index contributed by atoms with van der Waals surface area (Å²) >= 11 is 5.07. The molecule has 2 rings (SSSR count). The Morgan fingerprint density at radius 3 is 2.50 bits per heavy atom. The SMILES string of the molecule is CCCCCCCCCc1c(C(=O)OCC)sc2cc(Br)ccc12. The van der Waals surface area contributed by atoms with E-state index in [1.807, 2.05) is 6.92 Å². The van der Waals surface area contributed by atoms with Crippen molar-refractivity contribution < 1.29 is 9.53 Å². The molecule has 0 saturated heterocycles. The fraction of sp³-hybridized carbons (Fsp3) is 0.550. The summed E-state index contributed by atoms with van der Waals surface area (Å²) in [4.78, 5) is 13.1. The van der Waals surface area contributed by atoms with Crippen LogP contribution in [-0.2, 0) is 11.2 Å². The highest BCUT2D eigenvalue weighted by atomic mass is 79.9.